The Labute approximate surface area is 214 Å². The number of aromatic nitrogens is 1. The maximum absolute atomic E-state index is 13.5. The molecular weight excluding hydrogens is 468 g/mol. The maximum atomic E-state index is 13.5. The summed E-state index contributed by atoms with van der Waals surface area (Å²) in [5, 5.41) is 0. The minimum absolute atomic E-state index is 0.0252. The second kappa shape index (κ2) is 11.2. The van der Waals surface area contributed by atoms with Crippen molar-refractivity contribution in [3.63, 3.8) is 0 Å². The van der Waals surface area contributed by atoms with E-state index in [9.17, 15) is 9.00 Å². The van der Waals surface area contributed by atoms with Crippen LogP contribution < -0.4 is 9.21 Å². The standard InChI is InChI=1S/C29H28N4O2S/c34-29(32-20-18-31(19-21-32)26-9-3-1-4-10-26)25-13-15-27(16-14-25)33(23-24-8-7-17-30-22-24)36(35)28-11-5-2-6-12-28/h1-17,22H,18-21,23H2. The molecule has 0 saturated carbocycles. The lowest BCUT2D eigenvalue weighted by Crippen LogP contribution is -2.48. The first-order valence-corrected chi connectivity index (χ1v) is 13.1. The molecule has 1 aliphatic heterocycles. The minimum Gasteiger partial charge on any atom is -0.368 e. The van der Waals surface area contributed by atoms with Gasteiger partial charge in [-0.3, -0.25) is 14.1 Å². The summed E-state index contributed by atoms with van der Waals surface area (Å²) in [6.45, 7) is 3.41. The first kappa shape index (κ1) is 23.8. The van der Waals surface area contributed by atoms with Gasteiger partial charge in [-0.15, -0.1) is 0 Å². The highest BCUT2D eigenvalue weighted by atomic mass is 32.2. The van der Waals surface area contributed by atoms with Gasteiger partial charge in [-0.05, 0) is 60.2 Å². The number of para-hydroxylation sites is 1. The van der Waals surface area contributed by atoms with Crippen LogP contribution in [0.3, 0.4) is 0 Å². The number of hydrogen-bond donors (Lipinski definition) is 0. The van der Waals surface area contributed by atoms with Crippen LogP contribution >= 0.6 is 0 Å². The molecule has 0 bridgehead atoms. The van der Waals surface area contributed by atoms with Gasteiger partial charge in [0.2, 0.25) is 0 Å². The molecule has 1 unspecified atom stereocenters. The van der Waals surface area contributed by atoms with E-state index in [2.05, 4.69) is 22.0 Å². The third-order valence-corrected chi connectivity index (χ3v) is 7.70. The van der Waals surface area contributed by atoms with Gasteiger partial charge in [-0.1, -0.05) is 42.5 Å². The number of nitrogens with zero attached hydrogens (tertiary/aromatic N) is 4. The summed E-state index contributed by atoms with van der Waals surface area (Å²) in [6, 6.07) is 31.0. The predicted octanol–water partition coefficient (Wildman–Crippen LogP) is 4.77. The zero-order chi connectivity index (χ0) is 24.7. The molecule has 0 aliphatic carbocycles. The smallest absolute Gasteiger partial charge is 0.253 e. The Balaban J connectivity index is 1.31. The van der Waals surface area contributed by atoms with E-state index in [0.29, 0.717) is 25.2 Å². The van der Waals surface area contributed by atoms with Crippen molar-refractivity contribution in [1.82, 2.24) is 9.88 Å². The molecule has 1 saturated heterocycles. The summed E-state index contributed by atoms with van der Waals surface area (Å²) in [5.74, 6) is 0.0252. The van der Waals surface area contributed by atoms with Crippen LogP contribution in [0.5, 0.6) is 0 Å². The molecule has 0 spiro atoms. The molecule has 1 atom stereocenters. The fraction of sp³-hybridized carbons (Fsp3) is 0.172. The summed E-state index contributed by atoms with van der Waals surface area (Å²) >= 11 is 0. The fourth-order valence-corrected chi connectivity index (χ4v) is 5.55. The van der Waals surface area contributed by atoms with Crippen molar-refractivity contribution in [2.75, 3.05) is 35.4 Å². The number of hydrogen-bond acceptors (Lipinski definition) is 4. The molecule has 1 fully saturated rings. The van der Waals surface area contributed by atoms with Crippen molar-refractivity contribution in [2.45, 2.75) is 11.4 Å². The summed E-state index contributed by atoms with van der Waals surface area (Å²) < 4.78 is 15.3. The molecule has 5 rings (SSSR count). The SMILES string of the molecule is O=C(c1ccc(N(Cc2cccnc2)S(=O)c2ccccc2)cc1)N1CCN(c2ccccc2)CC1. The van der Waals surface area contributed by atoms with Crippen molar-refractivity contribution in [3.05, 3.63) is 121 Å². The van der Waals surface area contributed by atoms with Gasteiger partial charge >= 0.3 is 0 Å². The van der Waals surface area contributed by atoms with Crippen molar-refractivity contribution >= 4 is 28.3 Å². The highest BCUT2D eigenvalue weighted by molar-refractivity contribution is 7.86. The quantitative estimate of drug-likeness (QED) is 0.370. The third-order valence-electron chi connectivity index (χ3n) is 6.28. The normalized spacial score (nSPS) is 14.3. The lowest BCUT2D eigenvalue weighted by Gasteiger charge is -2.36. The lowest BCUT2D eigenvalue weighted by atomic mass is 10.1. The molecule has 3 aromatic carbocycles. The molecule has 7 heteroatoms. The Morgan fingerprint density at radius 2 is 1.47 bits per heavy atom. The number of carbonyl (C=O) groups excluding carboxylic acids is 1. The average molecular weight is 497 g/mol. The van der Waals surface area contributed by atoms with Gasteiger partial charge < -0.3 is 9.80 Å². The van der Waals surface area contributed by atoms with E-state index in [4.69, 9.17) is 0 Å². The Morgan fingerprint density at radius 3 is 2.11 bits per heavy atom. The van der Waals surface area contributed by atoms with Crippen molar-refractivity contribution < 1.29 is 9.00 Å². The van der Waals surface area contributed by atoms with Gasteiger partial charge in [0.25, 0.3) is 5.91 Å². The van der Waals surface area contributed by atoms with E-state index in [-0.39, 0.29) is 5.91 Å². The molecular formula is C29H28N4O2S. The second-order valence-corrected chi connectivity index (χ2v) is 10.0. The van der Waals surface area contributed by atoms with Crippen LogP contribution in [0.4, 0.5) is 11.4 Å². The van der Waals surface area contributed by atoms with Crippen LogP contribution in [0.15, 0.2) is 114 Å². The maximum Gasteiger partial charge on any atom is 0.253 e. The van der Waals surface area contributed by atoms with Gasteiger partial charge in [-0.2, -0.15) is 0 Å². The van der Waals surface area contributed by atoms with E-state index in [0.717, 1.165) is 29.2 Å². The number of piperazine rings is 1. The molecule has 0 radical (unpaired) electrons. The van der Waals surface area contributed by atoms with Gasteiger partial charge in [0, 0.05) is 49.8 Å². The van der Waals surface area contributed by atoms with E-state index in [1.165, 1.54) is 5.69 Å². The summed E-state index contributed by atoms with van der Waals surface area (Å²) in [7, 11) is -1.41. The van der Waals surface area contributed by atoms with Crippen molar-refractivity contribution in [2.24, 2.45) is 0 Å². The summed E-state index contributed by atoms with van der Waals surface area (Å²) in [6.07, 6.45) is 3.50. The van der Waals surface area contributed by atoms with Crippen LogP contribution in [-0.2, 0) is 17.5 Å². The van der Waals surface area contributed by atoms with Crippen LogP contribution in [0, 0.1) is 0 Å². The molecule has 182 valence electrons. The minimum atomic E-state index is -1.41. The molecule has 6 nitrogen and oxygen atoms in total. The van der Waals surface area contributed by atoms with E-state index in [1.54, 1.807) is 12.4 Å². The molecule has 4 aromatic rings. The zero-order valence-corrected chi connectivity index (χ0v) is 20.8. The lowest BCUT2D eigenvalue weighted by molar-refractivity contribution is 0.0747. The number of benzene rings is 3. The molecule has 0 N–H and O–H groups in total. The highest BCUT2D eigenvalue weighted by Gasteiger charge is 2.23. The number of carbonyl (C=O) groups is 1. The topological polar surface area (TPSA) is 56.8 Å². The van der Waals surface area contributed by atoms with Gasteiger partial charge in [0.15, 0.2) is 11.0 Å². The number of pyridine rings is 1. The summed E-state index contributed by atoms with van der Waals surface area (Å²) in [4.78, 5) is 22.3. The Kier molecular flexibility index (Phi) is 7.38. The second-order valence-electron chi connectivity index (χ2n) is 8.62. The van der Waals surface area contributed by atoms with Crippen molar-refractivity contribution in [1.29, 1.82) is 0 Å². The monoisotopic (exact) mass is 496 g/mol. The van der Waals surface area contributed by atoms with E-state index < -0.39 is 11.0 Å². The molecule has 1 aliphatic rings. The fourth-order valence-electron chi connectivity index (χ4n) is 4.33. The third kappa shape index (κ3) is 5.47. The molecule has 1 aromatic heterocycles. The first-order valence-electron chi connectivity index (χ1n) is 12.0. The molecule has 36 heavy (non-hydrogen) atoms. The molecule has 1 amide bonds. The largest absolute Gasteiger partial charge is 0.368 e. The first-order chi connectivity index (χ1) is 17.7. The van der Waals surface area contributed by atoms with Crippen LogP contribution in [-0.4, -0.2) is 46.2 Å². The summed E-state index contributed by atoms with van der Waals surface area (Å²) in [5.41, 5.74) is 3.57. The Bertz CT molecular complexity index is 1290. The zero-order valence-electron chi connectivity index (χ0n) is 19.9. The Morgan fingerprint density at radius 1 is 0.806 bits per heavy atom. The van der Waals surface area contributed by atoms with Crippen LogP contribution in [0.2, 0.25) is 0 Å². The number of rotatable bonds is 7. The van der Waals surface area contributed by atoms with Gasteiger partial charge in [-0.25, -0.2) is 4.21 Å². The van der Waals surface area contributed by atoms with Crippen LogP contribution in [0.25, 0.3) is 0 Å². The number of anilines is 2. The molecule has 2 heterocycles. The van der Waals surface area contributed by atoms with E-state index >= 15 is 0 Å². The van der Waals surface area contributed by atoms with Crippen molar-refractivity contribution in [3.8, 4) is 0 Å². The van der Waals surface area contributed by atoms with E-state index in [1.807, 2.05) is 94.1 Å². The Hall–Kier alpha value is -3.97. The number of amides is 1. The van der Waals surface area contributed by atoms with Crippen LogP contribution in [0.1, 0.15) is 15.9 Å². The highest BCUT2D eigenvalue weighted by Crippen LogP contribution is 2.24. The predicted molar refractivity (Wildman–Crippen MR) is 144 cm³/mol. The average Bonchev–Trinajstić information content (AvgIpc) is 2.97. The van der Waals surface area contributed by atoms with Gasteiger partial charge in [0.05, 0.1) is 17.1 Å². The van der Waals surface area contributed by atoms with Gasteiger partial charge in [0.1, 0.15) is 0 Å².